The van der Waals surface area contributed by atoms with Gasteiger partial charge in [-0.1, -0.05) is 12.1 Å². The van der Waals surface area contributed by atoms with Crippen molar-refractivity contribution in [2.45, 2.75) is 19.9 Å². The number of rotatable bonds is 4. The van der Waals surface area contributed by atoms with Crippen molar-refractivity contribution in [3.05, 3.63) is 53.7 Å². The average molecular weight is 368 g/mol. The Kier molecular flexibility index (Phi) is 4.10. The average Bonchev–Trinajstić information content (AvgIpc) is 3.33. The van der Waals surface area contributed by atoms with E-state index in [-0.39, 0.29) is 11.9 Å². The largest absolute Gasteiger partial charge is 0.312 e. The molecule has 0 unspecified atom stereocenters. The molecule has 1 amide bonds. The third-order valence-corrected chi connectivity index (χ3v) is 5.69. The first kappa shape index (κ1) is 16.0. The fourth-order valence-corrected chi connectivity index (χ4v) is 4.32. The Morgan fingerprint density at radius 2 is 2.04 bits per heavy atom. The van der Waals surface area contributed by atoms with Gasteiger partial charge in [-0.25, -0.2) is 4.98 Å². The van der Waals surface area contributed by atoms with Crippen LogP contribution in [0.1, 0.15) is 30.4 Å². The van der Waals surface area contributed by atoms with Gasteiger partial charge < -0.3 is 5.32 Å². The molecule has 25 heavy (non-hydrogen) atoms. The lowest BCUT2D eigenvalue weighted by molar-refractivity contribution is 0.102. The van der Waals surface area contributed by atoms with Gasteiger partial charge in [0.1, 0.15) is 10.0 Å². The van der Waals surface area contributed by atoms with E-state index in [9.17, 15) is 4.79 Å². The van der Waals surface area contributed by atoms with Crippen LogP contribution in [0.4, 0.5) is 5.00 Å². The summed E-state index contributed by atoms with van der Waals surface area (Å²) in [6.07, 6.45) is 1.82. The number of benzene rings is 1. The smallest absolute Gasteiger partial charge is 0.276 e. The van der Waals surface area contributed by atoms with Gasteiger partial charge in [-0.3, -0.25) is 9.48 Å². The van der Waals surface area contributed by atoms with E-state index in [1.165, 1.54) is 11.3 Å². The maximum Gasteiger partial charge on any atom is 0.276 e. The number of nitrogens with zero attached hydrogens (tertiary/aromatic N) is 3. The molecule has 7 heteroatoms. The van der Waals surface area contributed by atoms with Crippen LogP contribution in [-0.2, 0) is 0 Å². The topological polar surface area (TPSA) is 59.8 Å². The molecular formula is C18H16N4OS2. The zero-order valence-corrected chi connectivity index (χ0v) is 15.4. The fraction of sp³-hybridized carbons (Fsp3) is 0.167. The predicted octanol–water partition coefficient (Wildman–Crippen LogP) is 5.05. The lowest BCUT2D eigenvalue weighted by atomic mass is 10.3. The molecule has 4 aromatic rings. The third-order valence-electron chi connectivity index (χ3n) is 3.79. The van der Waals surface area contributed by atoms with Crippen molar-refractivity contribution < 1.29 is 4.79 Å². The van der Waals surface area contributed by atoms with E-state index < -0.39 is 0 Å². The summed E-state index contributed by atoms with van der Waals surface area (Å²) in [6.45, 7) is 4.05. The maximum absolute atomic E-state index is 12.5. The standard InChI is InChI=1S/C18H16N4OS2/c1-11(2)22-9-7-14(21-22)16(23)20-17-12(8-10-24-17)18-19-13-5-3-4-6-15(13)25-18/h3-11H,1-2H3,(H,20,23). The zero-order chi connectivity index (χ0) is 17.4. The molecule has 0 saturated carbocycles. The van der Waals surface area contributed by atoms with Gasteiger partial charge >= 0.3 is 0 Å². The number of hydrogen-bond acceptors (Lipinski definition) is 5. The highest BCUT2D eigenvalue weighted by Crippen LogP contribution is 2.37. The number of aromatic nitrogens is 3. The number of anilines is 1. The van der Waals surface area contributed by atoms with E-state index in [2.05, 4.69) is 21.5 Å². The van der Waals surface area contributed by atoms with Gasteiger partial charge in [0.2, 0.25) is 0 Å². The van der Waals surface area contributed by atoms with Gasteiger partial charge in [0, 0.05) is 17.8 Å². The number of fused-ring (bicyclic) bond motifs is 1. The molecule has 0 aliphatic rings. The van der Waals surface area contributed by atoms with Crippen LogP contribution in [0.3, 0.4) is 0 Å². The quantitative estimate of drug-likeness (QED) is 0.548. The number of hydrogen-bond donors (Lipinski definition) is 1. The molecule has 0 saturated heterocycles. The third kappa shape index (κ3) is 3.08. The summed E-state index contributed by atoms with van der Waals surface area (Å²) >= 11 is 3.12. The second kappa shape index (κ2) is 6.42. The van der Waals surface area contributed by atoms with Crippen LogP contribution in [0.25, 0.3) is 20.8 Å². The molecule has 0 aliphatic carbocycles. The lowest BCUT2D eigenvalue weighted by Crippen LogP contribution is -2.13. The van der Waals surface area contributed by atoms with Gasteiger partial charge in [-0.2, -0.15) is 5.10 Å². The molecule has 0 fully saturated rings. The maximum atomic E-state index is 12.5. The predicted molar refractivity (Wildman–Crippen MR) is 103 cm³/mol. The SMILES string of the molecule is CC(C)n1ccc(C(=O)Nc2sccc2-c2nc3ccccc3s2)n1. The highest BCUT2D eigenvalue weighted by molar-refractivity contribution is 7.22. The van der Waals surface area contributed by atoms with Crippen LogP contribution in [0.5, 0.6) is 0 Å². The number of nitrogens with one attached hydrogen (secondary N) is 1. The fourth-order valence-electron chi connectivity index (χ4n) is 2.48. The summed E-state index contributed by atoms with van der Waals surface area (Å²) in [5.41, 5.74) is 2.34. The number of amides is 1. The molecule has 0 spiro atoms. The van der Waals surface area contributed by atoms with E-state index in [4.69, 9.17) is 0 Å². The first-order valence-corrected chi connectivity index (χ1v) is 9.61. The Labute approximate surface area is 153 Å². The molecule has 4 rings (SSSR count). The molecule has 0 aliphatic heterocycles. The van der Waals surface area contributed by atoms with E-state index in [1.54, 1.807) is 22.1 Å². The lowest BCUT2D eigenvalue weighted by Gasteiger charge is -2.05. The van der Waals surface area contributed by atoms with Crippen LogP contribution in [0, 0.1) is 0 Å². The molecule has 1 N–H and O–H groups in total. The second-order valence-electron chi connectivity index (χ2n) is 5.88. The normalized spacial score (nSPS) is 11.3. The van der Waals surface area contributed by atoms with E-state index in [1.807, 2.05) is 49.7 Å². The number of thiophene rings is 1. The number of carbonyl (C=O) groups excluding carboxylic acids is 1. The number of para-hydroxylation sites is 1. The summed E-state index contributed by atoms with van der Waals surface area (Å²) in [7, 11) is 0. The Hall–Kier alpha value is -2.51. The van der Waals surface area contributed by atoms with Gasteiger partial charge in [0.05, 0.1) is 10.2 Å². The van der Waals surface area contributed by atoms with Crippen molar-refractivity contribution in [3.8, 4) is 10.6 Å². The molecule has 1 aromatic carbocycles. The Bertz CT molecular complexity index is 1010. The minimum Gasteiger partial charge on any atom is -0.312 e. The molecule has 3 heterocycles. The number of thiazole rings is 1. The van der Waals surface area contributed by atoms with Crippen LogP contribution < -0.4 is 5.32 Å². The van der Waals surface area contributed by atoms with Crippen molar-refractivity contribution in [2.24, 2.45) is 0 Å². The highest BCUT2D eigenvalue weighted by atomic mass is 32.1. The van der Waals surface area contributed by atoms with Gasteiger partial charge in [-0.05, 0) is 43.5 Å². The van der Waals surface area contributed by atoms with Crippen LogP contribution >= 0.6 is 22.7 Å². The molecule has 0 radical (unpaired) electrons. The Morgan fingerprint density at radius 3 is 2.80 bits per heavy atom. The first-order valence-electron chi connectivity index (χ1n) is 7.92. The minimum absolute atomic E-state index is 0.204. The van der Waals surface area contributed by atoms with E-state index in [0.717, 1.165) is 25.8 Å². The van der Waals surface area contributed by atoms with Crippen molar-refractivity contribution in [3.63, 3.8) is 0 Å². The van der Waals surface area contributed by atoms with Gasteiger partial charge in [-0.15, -0.1) is 22.7 Å². The van der Waals surface area contributed by atoms with Gasteiger partial charge in [0.25, 0.3) is 5.91 Å². The molecule has 5 nitrogen and oxygen atoms in total. The summed E-state index contributed by atoms with van der Waals surface area (Å²) in [5, 5.41) is 11.0. The molecule has 0 bridgehead atoms. The zero-order valence-electron chi connectivity index (χ0n) is 13.8. The minimum atomic E-state index is -0.204. The Morgan fingerprint density at radius 1 is 1.20 bits per heavy atom. The summed E-state index contributed by atoms with van der Waals surface area (Å²) < 4.78 is 2.91. The van der Waals surface area contributed by atoms with Crippen molar-refractivity contribution in [1.82, 2.24) is 14.8 Å². The highest BCUT2D eigenvalue weighted by Gasteiger charge is 2.16. The van der Waals surface area contributed by atoms with E-state index >= 15 is 0 Å². The van der Waals surface area contributed by atoms with Crippen molar-refractivity contribution in [1.29, 1.82) is 0 Å². The number of carbonyl (C=O) groups is 1. The Balaban J connectivity index is 1.61. The van der Waals surface area contributed by atoms with Gasteiger partial charge in [0.15, 0.2) is 5.69 Å². The van der Waals surface area contributed by atoms with Crippen LogP contribution in [-0.4, -0.2) is 20.7 Å². The van der Waals surface area contributed by atoms with Crippen molar-refractivity contribution >= 4 is 43.8 Å². The van der Waals surface area contributed by atoms with Crippen LogP contribution in [0.15, 0.2) is 48.0 Å². The van der Waals surface area contributed by atoms with Crippen LogP contribution in [0.2, 0.25) is 0 Å². The van der Waals surface area contributed by atoms with E-state index in [0.29, 0.717) is 5.69 Å². The second-order valence-corrected chi connectivity index (χ2v) is 7.83. The molecular weight excluding hydrogens is 352 g/mol. The summed E-state index contributed by atoms with van der Waals surface area (Å²) in [6, 6.07) is 12.0. The summed E-state index contributed by atoms with van der Waals surface area (Å²) in [4.78, 5) is 17.2. The molecule has 3 aromatic heterocycles. The molecule has 126 valence electrons. The monoisotopic (exact) mass is 368 g/mol. The summed E-state index contributed by atoms with van der Waals surface area (Å²) in [5.74, 6) is -0.204. The first-order chi connectivity index (χ1) is 12.1. The van der Waals surface area contributed by atoms with Crippen molar-refractivity contribution in [2.75, 3.05) is 5.32 Å². The molecule has 0 atom stereocenters.